The minimum atomic E-state index is -0.980. The molecule has 0 unspecified atom stereocenters. The number of carbonyl (C=O) groups is 1. The SMILES string of the molecule is Cc1cccc(C=Cc2cc(=O)n3c(CC(=O)O)csc3n2)n1. The molecule has 0 aliphatic carbocycles. The summed E-state index contributed by atoms with van der Waals surface area (Å²) in [5.74, 6) is -0.980. The first-order valence-electron chi connectivity index (χ1n) is 6.86. The smallest absolute Gasteiger partial charge is 0.309 e. The van der Waals surface area contributed by atoms with Gasteiger partial charge in [0, 0.05) is 22.8 Å². The van der Waals surface area contributed by atoms with Crippen LogP contribution in [-0.4, -0.2) is 25.4 Å². The molecule has 0 saturated carbocycles. The summed E-state index contributed by atoms with van der Waals surface area (Å²) in [5.41, 5.74) is 2.36. The van der Waals surface area contributed by atoms with E-state index in [0.717, 1.165) is 11.4 Å². The zero-order chi connectivity index (χ0) is 16.4. The van der Waals surface area contributed by atoms with E-state index in [-0.39, 0.29) is 12.0 Å². The summed E-state index contributed by atoms with van der Waals surface area (Å²) in [6.45, 7) is 1.91. The van der Waals surface area contributed by atoms with Crippen LogP contribution < -0.4 is 5.56 Å². The highest BCUT2D eigenvalue weighted by Gasteiger charge is 2.10. The van der Waals surface area contributed by atoms with Crippen molar-refractivity contribution in [2.45, 2.75) is 13.3 Å². The van der Waals surface area contributed by atoms with Gasteiger partial charge in [-0.2, -0.15) is 0 Å². The summed E-state index contributed by atoms with van der Waals surface area (Å²) in [4.78, 5) is 32.2. The van der Waals surface area contributed by atoms with Crippen LogP contribution in [0.3, 0.4) is 0 Å². The van der Waals surface area contributed by atoms with Gasteiger partial charge in [-0.15, -0.1) is 11.3 Å². The normalized spacial score (nSPS) is 11.3. The molecule has 0 bridgehead atoms. The zero-order valence-electron chi connectivity index (χ0n) is 12.3. The molecule has 0 aliphatic rings. The molecule has 0 aliphatic heterocycles. The molecule has 6 nitrogen and oxygen atoms in total. The molecule has 0 saturated heterocycles. The lowest BCUT2D eigenvalue weighted by Gasteiger charge is -1.99. The van der Waals surface area contributed by atoms with Crippen molar-refractivity contribution in [3.63, 3.8) is 0 Å². The standard InChI is InChI=1S/C16H13N3O3S/c1-10-3-2-4-11(17-10)5-6-12-7-14(20)19-13(8-15(21)22)9-23-16(19)18-12/h2-7,9H,8H2,1H3,(H,21,22). The molecule has 3 heterocycles. The molecule has 0 amide bonds. The van der Waals surface area contributed by atoms with E-state index < -0.39 is 5.97 Å². The number of aryl methyl sites for hydroxylation is 1. The number of carboxylic acid groups (broad SMARTS) is 1. The Bertz CT molecular complexity index is 972. The van der Waals surface area contributed by atoms with E-state index >= 15 is 0 Å². The predicted molar refractivity (Wildman–Crippen MR) is 88.6 cm³/mol. The van der Waals surface area contributed by atoms with E-state index in [1.165, 1.54) is 21.8 Å². The molecule has 0 fully saturated rings. The fourth-order valence-corrected chi connectivity index (χ4v) is 3.08. The van der Waals surface area contributed by atoms with Crippen molar-refractivity contribution in [2.24, 2.45) is 0 Å². The van der Waals surface area contributed by atoms with Crippen molar-refractivity contribution < 1.29 is 9.90 Å². The Balaban J connectivity index is 1.97. The van der Waals surface area contributed by atoms with Gasteiger partial charge in [0.2, 0.25) is 0 Å². The Hall–Kier alpha value is -2.80. The number of thiazole rings is 1. The zero-order valence-corrected chi connectivity index (χ0v) is 13.1. The number of hydrogen-bond donors (Lipinski definition) is 1. The summed E-state index contributed by atoms with van der Waals surface area (Å²) in [6.07, 6.45) is 3.31. The number of fused-ring (bicyclic) bond motifs is 1. The van der Waals surface area contributed by atoms with E-state index in [4.69, 9.17) is 5.11 Å². The first-order valence-corrected chi connectivity index (χ1v) is 7.74. The van der Waals surface area contributed by atoms with Gasteiger partial charge in [-0.25, -0.2) is 4.98 Å². The van der Waals surface area contributed by atoms with Gasteiger partial charge in [-0.1, -0.05) is 6.07 Å². The number of hydrogen-bond acceptors (Lipinski definition) is 5. The van der Waals surface area contributed by atoms with Crippen molar-refractivity contribution >= 4 is 34.4 Å². The summed E-state index contributed by atoms with van der Waals surface area (Å²) in [5, 5.41) is 10.5. The lowest BCUT2D eigenvalue weighted by molar-refractivity contribution is -0.136. The van der Waals surface area contributed by atoms with Crippen LogP contribution in [0.1, 0.15) is 22.8 Å². The fourth-order valence-electron chi connectivity index (χ4n) is 2.18. The molecular weight excluding hydrogens is 314 g/mol. The average Bonchev–Trinajstić information content (AvgIpc) is 2.88. The molecular formula is C16H13N3O3S. The van der Waals surface area contributed by atoms with Gasteiger partial charge in [0.15, 0.2) is 4.96 Å². The maximum atomic E-state index is 12.2. The van der Waals surface area contributed by atoms with Gasteiger partial charge in [0.1, 0.15) is 0 Å². The second kappa shape index (κ2) is 6.13. The first-order chi connectivity index (χ1) is 11.0. The molecule has 3 aromatic heterocycles. The first kappa shape index (κ1) is 15.1. The lowest BCUT2D eigenvalue weighted by atomic mass is 10.2. The Morgan fingerprint density at radius 1 is 1.30 bits per heavy atom. The van der Waals surface area contributed by atoms with Crippen LogP contribution in [0.15, 0.2) is 34.4 Å². The van der Waals surface area contributed by atoms with Crippen LogP contribution in [0.5, 0.6) is 0 Å². The third-order valence-electron chi connectivity index (χ3n) is 3.16. The van der Waals surface area contributed by atoms with E-state index in [9.17, 15) is 9.59 Å². The molecule has 1 N–H and O–H groups in total. The molecule has 0 radical (unpaired) electrons. The molecule has 116 valence electrons. The van der Waals surface area contributed by atoms with Crippen LogP contribution >= 0.6 is 11.3 Å². The maximum absolute atomic E-state index is 12.2. The third kappa shape index (κ3) is 3.35. The van der Waals surface area contributed by atoms with Crippen molar-refractivity contribution in [1.82, 2.24) is 14.4 Å². The van der Waals surface area contributed by atoms with Crippen LogP contribution in [0, 0.1) is 6.92 Å². The van der Waals surface area contributed by atoms with E-state index in [0.29, 0.717) is 16.3 Å². The Morgan fingerprint density at radius 2 is 2.09 bits per heavy atom. The number of aromatic nitrogens is 3. The minimum absolute atomic E-state index is 0.204. The van der Waals surface area contributed by atoms with Crippen LogP contribution in [-0.2, 0) is 11.2 Å². The second-order valence-corrected chi connectivity index (χ2v) is 5.81. The number of aliphatic carboxylic acids is 1. The van der Waals surface area contributed by atoms with Gasteiger partial charge in [-0.05, 0) is 31.2 Å². The van der Waals surface area contributed by atoms with Crippen molar-refractivity contribution in [3.8, 4) is 0 Å². The monoisotopic (exact) mass is 327 g/mol. The van der Waals surface area contributed by atoms with Gasteiger partial charge < -0.3 is 5.11 Å². The minimum Gasteiger partial charge on any atom is -0.481 e. The van der Waals surface area contributed by atoms with Crippen LogP contribution in [0.25, 0.3) is 17.1 Å². The molecule has 3 aromatic rings. The maximum Gasteiger partial charge on any atom is 0.309 e. The lowest BCUT2D eigenvalue weighted by Crippen LogP contribution is -2.17. The van der Waals surface area contributed by atoms with Crippen LogP contribution in [0.2, 0.25) is 0 Å². The van der Waals surface area contributed by atoms with Crippen molar-refractivity contribution in [1.29, 1.82) is 0 Å². The second-order valence-electron chi connectivity index (χ2n) is 4.97. The quantitative estimate of drug-likeness (QED) is 0.794. The van der Waals surface area contributed by atoms with Gasteiger partial charge >= 0.3 is 5.97 Å². The highest BCUT2D eigenvalue weighted by atomic mass is 32.1. The Kier molecular flexibility index (Phi) is 4.03. The Labute approximate surface area is 135 Å². The van der Waals surface area contributed by atoms with Gasteiger partial charge in [-0.3, -0.25) is 19.0 Å². The fraction of sp³-hybridized carbons (Fsp3) is 0.125. The van der Waals surface area contributed by atoms with Gasteiger partial charge in [0.25, 0.3) is 5.56 Å². The summed E-state index contributed by atoms with van der Waals surface area (Å²) < 4.78 is 1.33. The molecule has 0 spiro atoms. The number of carboxylic acids is 1. The molecule has 0 atom stereocenters. The Morgan fingerprint density at radius 3 is 2.83 bits per heavy atom. The highest BCUT2D eigenvalue weighted by molar-refractivity contribution is 7.15. The van der Waals surface area contributed by atoms with Gasteiger partial charge in [0.05, 0.1) is 17.8 Å². The largest absolute Gasteiger partial charge is 0.481 e. The van der Waals surface area contributed by atoms with Crippen molar-refractivity contribution in [3.05, 3.63) is 62.8 Å². The van der Waals surface area contributed by atoms with E-state index in [1.54, 1.807) is 17.5 Å². The summed E-state index contributed by atoms with van der Waals surface area (Å²) in [7, 11) is 0. The number of nitrogens with zero attached hydrogens (tertiary/aromatic N) is 3. The summed E-state index contributed by atoms with van der Waals surface area (Å²) in [6, 6.07) is 7.07. The number of pyridine rings is 1. The predicted octanol–water partition coefficient (Wildman–Crippen LogP) is 2.26. The molecule has 23 heavy (non-hydrogen) atoms. The molecule has 3 rings (SSSR count). The topological polar surface area (TPSA) is 84.6 Å². The van der Waals surface area contributed by atoms with Crippen LogP contribution in [0.4, 0.5) is 0 Å². The van der Waals surface area contributed by atoms with E-state index in [2.05, 4.69) is 9.97 Å². The van der Waals surface area contributed by atoms with E-state index in [1.807, 2.05) is 25.1 Å². The highest BCUT2D eigenvalue weighted by Crippen LogP contribution is 2.14. The number of rotatable bonds is 4. The third-order valence-corrected chi connectivity index (χ3v) is 4.04. The molecule has 0 aromatic carbocycles. The average molecular weight is 327 g/mol. The summed E-state index contributed by atoms with van der Waals surface area (Å²) >= 11 is 1.25. The molecule has 7 heteroatoms. The van der Waals surface area contributed by atoms with Crippen molar-refractivity contribution in [2.75, 3.05) is 0 Å².